The molecule has 0 saturated heterocycles. The molecular weight excluding hydrogens is 411 g/mol. The smallest absolute Gasteiger partial charge is 0.265 e. The maximum Gasteiger partial charge on any atom is 0.265 e. The van der Waals surface area contributed by atoms with E-state index in [9.17, 15) is 13.2 Å². The number of hydrogen-bond acceptors (Lipinski definition) is 4. The Hall–Kier alpha value is -1.96. The van der Waals surface area contributed by atoms with Gasteiger partial charge in [-0.3, -0.25) is 9.10 Å². The number of nitrogens with zero attached hydrogens (tertiary/aromatic N) is 1. The van der Waals surface area contributed by atoms with Crippen LogP contribution in [0.5, 0.6) is 5.75 Å². The van der Waals surface area contributed by atoms with Crippen LogP contribution < -0.4 is 14.4 Å². The van der Waals surface area contributed by atoms with Crippen LogP contribution in [0.3, 0.4) is 0 Å². The van der Waals surface area contributed by atoms with Crippen LogP contribution in [0.15, 0.2) is 36.4 Å². The molecule has 0 spiro atoms. The summed E-state index contributed by atoms with van der Waals surface area (Å²) >= 11 is 12.0. The van der Waals surface area contributed by atoms with Gasteiger partial charge >= 0.3 is 0 Å². The first-order valence-corrected chi connectivity index (χ1v) is 10.8. The highest BCUT2D eigenvalue weighted by atomic mass is 35.5. The van der Waals surface area contributed by atoms with Crippen LogP contribution in [-0.2, 0) is 14.8 Å². The Balaban J connectivity index is 1.88. The minimum atomic E-state index is -3.55. The lowest BCUT2D eigenvalue weighted by molar-refractivity contribution is -0.122. The molecule has 3 rings (SSSR count). The van der Waals surface area contributed by atoms with E-state index in [-0.39, 0.29) is 24.6 Å². The fourth-order valence-electron chi connectivity index (χ4n) is 2.86. The van der Waals surface area contributed by atoms with Gasteiger partial charge in [-0.25, -0.2) is 8.42 Å². The van der Waals surface area contributed by atoms with Gasteiger partial charge in [0.05, 0.1) is 11.9 Å². The number of amides is 1. The van der Waals surface area contributed by atoms with E-state index < -0.39 is 16.1 Å². The molecule has 1 heterocycles. The average Bonchev–Trinajstić information content (AvgIpc) is 2.76. The predicted octanol–water partition coefficient (Wildman–Crippen LogP) is 3.86. The molecule has 0 saturated carbocycles. The highest BCUT2D eigenvalue weighted by Gasteiger charge is 2.31. The number of halogens is 2. The second kappa shape index (κ2) is 7.58. The highest BCUT2D eigenvalue weighted by molar-refractivity contribution is 7.92. The van der Waals surface area contributed by atoms with Crippen LogP contribution in [0, 0.1) is 6.92 Å². The topological polar surface area (TPSA) is 75.7 Å². The van der Waals surface area contributed by atoms with E-state index in [1.165, 1.54) is 10.4 Å². The van der Waals surface area contributed by atoms with Gasteiger partial charge < -0.3 is 10.1 Å². The SMILES string of the molecule is Cc1cc(Cl)ccc1NC(=O)[C@H]1CCN(S(C)(=O)=O)c2cc(Cl)ccc2O1. The third-order valence-corrected chi connectivity index (χ3v) is 5.84. The monoisotopic (exact) mass is 428 g/mol. The molecule has 144 valence electrons. The van der Waals surface area contributed by atoms with Crippen molar-refractivity contribution < 1.29 is 17.9 Å². The highest BCUT2D eigenvalue weighted by Crippen LogP contribution is 2.36. The first kappa shape index (κ1) is 19.8. The van der Waals surface area contributed by atoms with Crippen LogP contribution in [0.4, 0.5) is 11.4 Å². The van der Waals surface area contributed by atoms with Crippen molar-refractivity contribution >= 4 is 50.5 Å². The van der Waals surface area contributed by atoms with Crippen molar-refractivity contribution in [2.24, 2.45) is 0 Å². The standard InChI is InChI=1S/C18H18Cl2N2O4S/c1-11-9-12(19)3-5-14(11)21-18(23)17-7-8-22(27(2,24)25)15-10-13(20)4-6-16(15)26-17/h3-6,9-10,17H,7-8H2,1-2H3,(H,21,23)/t17-/m1/s1. The van der Waals surface area contributed by atoms with E-state index in [1.54, 1.807) is 30.3 Å². The fraction of sp³-hybridized carbons (Fsp3) is 0.278. The number of benzene rings is 2. The maximum absolute atomic E-state index is 12.7. The zero-order valence-electron chi connectivity index (χ0n) is 14.7. The van der Waals surface area contributed by atoms with E-state index in [2.05, 4.69) is 5.32 Å². The average molecular weight is 429 g/mol. The maximum atomic E-state index is 12.7. The van der Waals surface area contributed by atoms with Gasteiger partial charge in [0.25, 0.3) is 5.91 Å². The molecule has 27 heavy (non-hydrogen) atoms. The first-order chi connectivity index (χ1) is 12.6. The molecule has 2 aromatic carbocycles. The number of anilines is 2. The zero-order chi connectivity index (χ0) is 19.8. The van der Waals surface area contributed by atoms with Crippen LogP contribution in [-0.4, -0.2) is 33.2 Å². The van der Waals surface area contributed by atoms with E-state index in [0.717, 1.165) is 11.8 Å². The van der Waals surface area contributed by atoms with E-state index in [0.29, 0.717) is 21.4 Å². The summed E-state index contributed by atoms with van der Waals surface area (Å²) in [6.07, 6.45) is 0.444. The molecule has 0 bridgehead atoms. The second-order valence-electron chi connectivity index (χ2n) is 6.29. The summed E-state index contributed by atoms with van der Waals surface area (Å²) in [6.45, 7) is 1.93. The van der Waals surface area contributed by atoms with Crippen molar-refractivity contribution in [3.63, 3.8) is 0 Å². The summed E-state index contributed by atoms with van der Waals surface area (Å²) < 4.78 is 31.4. The molecule has 0 fully saturated rings. The summed E-state index contributed by atoms with van der Waals surface area (Å²) in [7, 11) is -3.55. The number of aryl methyl sites for hydroxylation is 1. The number of fused-ring (bicyclic) bond motifs is 1. The van der Waals surface area contributed by atoms with E-state index >= 15 is 0 Å². The predicted molar refractivity (Wildman–Crippen MR) is 107 cm³/mol. The van der Waals surface area contributed by atoms with Crippen molar-refractivity contribution in [2.75, 3.05) is 22.4 Å². The molecule has 1 amide bonds. The lowest BCUT2D eigenvalue weighted by Crippen LogP contribution is -2.36. The van der Waals surface area contributed by atoms with Crippen LogP contribution in [0.1, 0.15) is 12.0 Å². The zero-order valence-corrected chi connectivity index (χ0v) is 17.0. The molecule has 2 aromatic rings. The Kier molecular flexibility index (Phi) is 5.55. The number of carbonyl (C=O) groups is 1. The summed E-state index contributed by atoms with van der Waals surface area (Å²) in [5.41, 5.74) is 1.76. The van der Waals surface area contributed by atoms with Crippen molar-refractivity contribution in [3.8, 4) is 5.75 Å². The molecule has 9 heteroatoms. The normalized spacial score (nSPS) is 16.9. The van der Waals surface area contributed by atoms with Gasteiger partial charge in [0.15, 0.2) is 6.10 Å². The lowest BCUT2D eigenvalue weighted by atomic mass is 10.2. The van der Waals surface area contributed by atoms with Gasteiger partial charge in [0.1, 0.15) is 5.75 Å². The molecule has 1 N–H and O–H groups in total. The Bertz CT molecular complexity index is 995. The van der Waals surface area contributed by atoms with Gasteiger partial charge in [-0.2, -0.15) is 0 Å². The number of sulfonamides is 1. The molecule has 0 aliphatic carbocycles. The quantitative estimate of drug-likeness (QED) is 0.804. The summed E-state index contributed by atoms with van der Waals surface area (Å²) in [4.78, 5) is 12.7. The molecule has 0 aromatic heterocycles. The third-order valence-electron chi connectivity index (χ3n) is 4.19. The molecular formula is C18H18Cl2N2O4S. The van der Waals surface area contributed by atoms with Crippen LogP contribution in [0.2, 0.25) is 10.0 Å². The largest absolute Gasteiger partial charge is 0.478 e. The summed E-state index contributed by atoms with van der Waals surface area (Å²) in [5.74, 6) is -0.0769. The van der Waals surface area contributed by atoms with Crippen molar-refractivity contribution in [1.29, 1.82) is 0 Å². The van der Waals surface area contributed by atoms with Gasteiger partial charge in [-0.1, -0.05) is 23.2 Å². The second-order valence-corrected chi connectivity index (χ2v) is 9.07. The van der Waals surface area contributed by atoms with Gasteiger partial charge in [-0.05, 0) is 48.9 Å². The Labute approximate surface area is 168 Å². The molecule has 0 unspecified atom stereocenters. The molecule has 1 aliphatic rings. The van der Waals surface area contributed by atoms with Gasteiger partial charge in [0, 0.05) is 28.7 Å². The fourth-order valence-corrected chi connectivity index (χ4v) is 4.19. The minimum Gasteiger partial charge on any atom is -0.478 e. The van der Waals surface area contributed by atoms with E-state index in [4.69, 9.17) is 27.9 Å². The van der Waals surface area contributed by atoms with E-state index in [1.807, 2.05) is 6.92 Å². The number of carbonyl (C=O) groups excluding carboxylic acids is 1. The first-order valence-electron chi connectivity index (χ1n) is 8.16. The Morgan fingerprint density at radius 3 is 2.52 bits per heavy atom. The van der Waals surface area contributed by atoms with Crippen LogP contribution >= 0.6 is 23.2 Å². The van der Waals surface area contributed by atoms with Crippen molar-refractivity contribution in [3.05, 3.63) is 52.0 Å². The minimum absolute atomic E-state index is 0.101. The number of ether oxygens (including phenoxy) is 1. The van der Waals surface area contributed by atoms with Gasteiger partial charge in [0.2, 0.25) is 10.0 Å². The van der Waals surface area contributed by atoms with Crippen LogP contribution in [0.25, 0.3) is 0 Å². The molecule has 0 radical (unpaired) electrons. The molecule has 6 nitrogen and oxygen atoms in total. The molecule has 1 atom stereocenters. The Morgan fingerprint density at radius 2 is 1.85 bits per heavy atom. The summed E-state index contributed by atoms with van der Waals surface area (Å²) in [5, 5.41) is 3.77. The summed E-state index contributed by atoms with van der Waals surface area (Å²) in [6, 6.07) is 9.80. The van der Waals surface area contributed by atoms with Crippen molar-refractivity contribution in [2.45, 2.75) is 19.4 Å². The number of nitrogens with one attached hydrogen (secondary N) is 1. The lowest BCUT2D eigenvalue weighted by Gasteiger charge is -2.21. The number of rotatable bonds is 3. The molecule has 1 aliphatic heterocycles. The van der Waals surface area contributed by atoms with Gasteiger partial charge in [-0.15, -0.1) is 0 Å². The Morgan fingerprint density at radius 1 is 1.19 bits per heavy atom. The number of hydrogen-bond donors (Lipinski definition) is 1. The van der Waals surface area contributed by atoms with Crippen molar-refractivity contribution in [1.82, 2.24) is 0 Å². The third kappa shape index (κ3) is 4.48.